The van der Waals surface area contributed by atoms with Gasteiger partial charge in [-0.15, -0.1) is 0 Å². The Morgan fingerprint density at radius 2 is 2.11 bits per heavy atom. The smallest absolute Gasteiger partial charge is 0.0745 e. The molecule has 1 saturated heterocycles. The molecule has 0 saturated carbocycles. The average molecular weight is 278 g/mol. The summed E-state index contributed by atoms with van der Waals surface area (Å²) >= 11 is 4.98. The van der Waals surface area contributed by atoms with E-state index >= 15 is 0 Å². The Bertz CT molecular complexity index is 390. The van der Waals surface area contributed by atoms with Crippen LogP contribution in [-0.4, -0.2) is 30.8 Å². The van der Waals surface area contributed by atoms with Crippen LogP contribution in [0.5, 0.6) is 0 Å². The van der Waals surface area contributed by atoms with E-state index in [1.54, 1.807) is 0 Å². The van der Waals surface area contributed by atoms with Crippen LogP contribution < -0.4 is 10.6 Å². The van der Waals surface area contributed by atoms with Gasteiger partial charge in [0.05, 0.1) is 11.1 Å². The van der Waals surface area contributed by atoms with E-state index in [0.29, 0.717) is 11.1 Å². The quantitative estimate of drug-likeness (QED) is 0.778. The Hall–Kier alpha value is -1.13. The topological polar surface area (TPSA) is 38.5 Å². The van der Waals surface area contributed by atoms with E-state index in [4.69, 9.17) is 22.7 Å². The van der Waals surface area contributed by atoms with Gasteiger partial charge in [-0.1, -0.05) is 30.4 Å². The van der Waals surface area contributed by atoms with E-state index in [0.717, 1.165) is 32.5 Å². The third kappa shape index (κ3) is 4.80. The van der Waals surface area contributed by atoms with Crippen molar-refractivity contribution in [2.45, 2.75) is 31.8 Å². The van der Waals surface area contributed by atoms with Crippen molar-refractivity contribution in [3.05, 3.63) is 30.3 Å². The van der Waals surface area contributed by atoms with Gasteiger partial charge in [-0.05, 0) is 31.4 Å². The van der Waals surface area contributed by atoms with Crippen molar-refractivity contribution in [3.8, 4) is 0 Å². The van der Waals surface area contributed by atoms with E-state index in [2.05, 4.69) is 29.2 Å². The minimum Gasteiger partial charge on any atom is -0.393 e. The van der Waals surface area contributed by atoms with Crippen LogP contribution in [0.25, 0.3) is 0 Å². The maximum absolute atomic E-state index is 5.69. The number of nitrogens with two attached hydrogens (primary N) is 1. The predicted molar refractivity (Wildman–Crippen MR) is 83.6 cm³/mol. The molecule has 0 aliphatic carbocycles. The molecule has 19 heavy (non-hydrogen) atoms. The standard InChI is InChI=1S/C15H22N2OS/c16-15(19)9-11-17(13-5-2-1-3-6-13)10-8-14-7-4-12-18-14/h1-3,5-6,14H,4,7-12H2,(H2,16,19). The summed E-state index contributed by atoms with van der Waals surface area (Å²) in [5.74, 6) is 0. The van der Waals surface area contributed by atoms with Crippen LogP contribution in [-0.2, 0) is 4.74 Å². The van der Waals surface area contributed by atoms with Gasteiger partial charge in [0.1, 0.15) is 0 Å². The number of nitrogens with zero attached hydrogens (tertiary/aromatic N) is 1. The van der Waals surface area contributed by atoms with Crippen LogP contribution in [0.4, 0.5) is 5.69 Å². The van der Waals surface area contributed by atoms with Crippen LogP contribution in [0.15, 0.2) is 30.3 Å². The molecule has 1 unspecified atom stereocenters. The van der Waals surface area contributed by atoms with Gasteiger partial charge in [-0.25, -0.2) is 0 Å². The zero-order chi connectivity index (χ0) is 13.5. The SMILES string of the molecule is NC(=S)CCN(CCC1CCCO1)c1ccccc1. The van der Waals surface area contributed by atoms with Crippen LogP contribution >= 0.6 is 12.2 Å². The molecule has 0 aromatic heterocycles. The van der Waals surface area contributed by atoms with Crippen molar-refractivity contribution in [2.24, 2.45) is 5.73 Å². The van der Waals surface area contributed by atoms with E-state index < -0.39 is 0 Å². The molecule has 1 fully saturated rings. The monoisotopic (exact) mass is 278 g/mol. The third-order valence-electron chi connectivity index (χ3n) is 3.49. The molecule has 0 spiro atoms. The number of anilines is 1. The van der Waals surface area contributed by atoms with Crippen LogP contribution in [0.1, 0.15) is 25.7 Å². The first-order valence-corrected chi connectivity index (χ1v) is 7.36. The van der Waals surface area contributed by atoms with E-state index in [-0.39, 0.29) is 0 Å². The zero-order valence-electron chi connectivity index (χ0n) is 11.3. The number of rotatable bonds is 7. The van der Waals surface area contributed by atoms with Crippen molar-refractivity contribution in [2.75, 3.05) is 24.6 Å². The van der Waals surface area contributed by atoms with Gasteiger partial charge in [0.15, 0.2) is 0 Å². The highest BCUT2D eigenvalue weighted by Crippen LogP contribution is 2.19. The fraction of sp³-hybridized carbons (Fsp3) is 0.533. The van der Waals surface area contributed by atoms with Gasteiger partial charge in [0.2, 0.25) is 0 Å². The minimum atomic E-state index is 0.427. The first kappa shape index (κ1) is 14.3. The van der Waals surface area contributed by atoms with Gasteiger partial charge in [-0.3, -0.25) is 0 Å². The highest BCUT2D eigenvalue weighted by molar-refractivity contribution is 7.80. The molecule has 0 bridgehead atoms. The fourth-order valence-corrected chi connectivity index (χ4v) is 2.52. The molecular weight excluding hydrogens is 256 g/mol. The highest BCUT2D eigenvalue weighted by atomic mass is 32.1. The van der Waals surface area contributed by atoms with E-state index in [1.807, 2.05) is 6.07 Å². The normalized spacial score (nSPS) is 18.4. The lowest BCUT2D eigenvalue weighted by Gasteiger charge is -2.26. The maximum Gasteiger partial charge on any atom is 0.0745 e. The molecule has 4 heteroatoms. The van der Waals surface area contributed by atoms with Gasteiger partial charge < -0.3 is 15.4 Å². The van der Waals surface area contributed by atoms with Crippen LogP contribution in [0.2, 0.25) is 0 Å². The van der Waals surface area contributed by atoms with Crippen molar-refractivity contribution >= 4 is 22.9 Å². The Morgan fingerprint density at radius 1 is 1.32 bits per heavy atom. The number of para-hydroxylation sites is 1. The van der Waals surface area contributed by atoms with Gasteiger partial charge >= 0.3 is 0 Å². The van der Waals surface area contributed by atoms with Gasteiger partial charge in [-0.2, -0.15) is 0 Å². The number of hydrogen-bond donors (Lipinski definition) is 1. The number of ether oxygens (including phenoxy) is 1. The summed E-state index contributed by atoms with van der Waals surface area (Å²) in [6.07, 6.45) is 4.65. The van der Waals surface area contributed by atoms with Crippen molar-refractivity contribution in [3.63, 3.8) is 0 Å². The summed E-state index contributed by atoms with van der Waals surface area (Å²) < 4.78 is 5.69. The maximum atomic E-state index is 5.69. The third-order valence-corrected chi connectivity index (χ3v) is 3.70. The van der Waals surface area contributed by atoms with Gasteiger partial charge in [0, 0.05) is 31.8 Å². The largest absolute Gasteiger partial charge is 0.393 e. The molecule has 104 valence electrons. The molecule has 2 N–H and O–H groups in total. The molecule has 1 aliphatic rings. The van der Waals surface area contributed by atoms with E-state index in [9.17, 15) is 0 Å². The van der Waals surface area contributed by atoms with Crippen molar-refractivity contribution in [1.82, 2.24) is 0 Å². The number of hydrogen-bond acceptors (Lipinski definition) is 3. The molecule has 1 heterocycles. The zero-order valence-corrected chi connectivity index (χ0v) is 12.1. The molecule has 1 aromatic carbocycles. The molecule has 1 aromatic rings. The van der Waals surface area contributed by atoms with Crippen molar-refractivity contribution < 1.29 is 4.74 Å². The summed E-state index contributed by atoms with van der Waals surface area (Å²) in [6.45, 7) is 2.80. The molecular formula is C15H22N2OS. The molecule has 0 amide bonds. The van der Waals surface area contributed by atoms with Gasteiger partial charge in [0.25, 0.3) is 0 Å². The minimum absolute atomic E-state index is 0.427. The second kappa shape index (κ2) is 7.46. The van der Waals surface area contributed by atoms with Crippen LogP contribution in [0.3, 0.4) is 0 Å². The van der Waals surface area contributed by atoms with Crippen molar-refractivity contribution in [1.29, 1.82) is 0 Å². The molecule has 2 rings (SSSR count). The first-order valence-electron chi connectivity index (χ1n) is 6.95. The molecule has 1 aliphatic heterocycles. The summed E-state index contributed by atoms with van der Waals surface area (Å²) in [6, 6.07) is 10.4. The Kier molecular flexibility index (Phi) is 5.61. The summed E-state index contributed by atoms with van der Waals surface area (Å²) in [5.41, 5.74) is 6.85. The number of benzene rings is 1. The highest BCUT2D eigenvalue weighted by Gasteiger charge is 2.17. The number of thiocarbonyl (C=S) groups is 1. The molecule has 0 radical (unpaired) electrons. The average Bonchev–Trinajstić information content (AvgIpc) is 2.93. The second-order valence-corrected chi connectivity index (χ2v) is 5.49. The molecule has 3 nitrogen and oxygen atoms in total. The fourth-order valence-electron chi connectivity index (χ4n) is 2.43. The first-order chi connectivity index (χ1) is 9.25. The lowest BCUT2D eigenvalue weighted by Crippen LogP contribution is -2.30. The summed E-state index contributed by atoms with van der Waals surface area (Å²) in [4.78, 5) is 2.93. The van der Waals surface area contributed by atoms with Crippen LogP contribution in [0, 0.1) is 0 Å². The van der Waals surface area contributed by atoms with E-state index in [1.165, 1.54) is 18.5 Å². The Balaban J connectivity index is 1.91. The lowest BCUT2D eigenvalue weighted by atomic mass is 10.1. The predicted octanol–water partition coefficient (Wildman–Crippen LogP) is 2.74. The lowest BCUT2D eigenvalue weighted by molar-refractivity contribution is 0.106. The second-order valence-electron chi connectivity index (χ2n) is 4.96. The Labute approximate surface area is 120 Å². The summed E-state index contributed by atoms with van der Waals surface area (Å²) in [7, 11) is 0. The molecule has 1 atom stereocenters. The summed E-state index contributed by atoms with van der Waals surface area (Å²) in [5, 5.41) is 0. The Morgan fingerprint density at radius 3 is 2.74 bits per heavy atom.